The molecular formula is C12H15F3N2O3S. The Morgan fingerprint density at radius 3 is 2.48 bits per heavy atom. The van der Waals surface area contributed by atoms with Crippen molar-refractivity contribution in [2.24, 2.45) is 0 Å². The van der Waals surface area contributed by atoms with E-state index in [1.54, 1.807) is 0 Å². The molecule has 1 aromatic rings. The molecule has 1 heterocycles. The van der Waals surface area contributed by atoms with Crippen molar-refractivity contribution >= 4 is 10.0 Å². The summed E-state index contributed by atoms with van der Waals surface area (Å²) in [4.78, 5) is -0.209. The highest BCUT2D eigenvalue weighted by Crippen LogP contribution is 2.29. The lowest BCUT2D eigenvalue weighted by Gasteiger charge is -2.23. The second kappa shape index (κ2) is 6.30. The highest BCUT2D eigenvalue weighted by molar-refractivity contribution is 7.89. The van der Waals surface area contributed by atoms with Crippen LogP contribution in [0.15, 0.2) is 29.2 Å². The summed E-state index contributed by atoms with van der Waals surface area (Å²) >= 11 is 0. The molecular weight excluding hydrogens is 309 g/mol. The van der Waals surface area contributed by atoms with Crippen LogP contribution in [0.25, 0.3) is 0 Å². The SMILES string of the molecule is O=S(=O)(NCC1CNCCO1)c1ccc(C(F)(F)F)cc1. The molecule has 2 rings (SSSR count). The van der Waals surface area contributed by atoms with Gasteiger partial charge in [0.05, 0.1) is 23.2 Å². The Labute approximate surface area is 120 Å². The number of hydrogen-bond acceptors (Lipinski definition) is 4. The first-order valence-electron chi connectivity index (χ1n) is 6.28. The fraction of sp³-hybridized carbons (Fsp3) is 0.500. The van der Waals surface area contributed by atoms with Gasteiger partial charge in [0.2, 0.25) is 10.0 Å². The number of ether oxygens (including phenoxy) is 1. The molecule has 0 aromatic heterocycles. The van der Waals surface area contributed by atoms with Gasteiger partial charge in [0.15, 0.2) is 0 Å². The van der Waals surface area contributed by atoms with E-state index in [0.717, 1.165) is 24.3 Å². The van der Waals surface area contributed by atoms with E-state index in [9.17, 15) is 21.6 Å². The van der Waals surface area contributed by atoms with Gasteiger partial charge in [0.1, 0.15) is 0 Å². The predicted molar refractivity (Wildman–Crippen MR) is 69.2 cm³/mol. The Morgan fingerprint density at radius 1 is 1.29 bits per heavy atom. The molecule has 1 fully saturated rings. The smallest absolute Gasteiger partial charge is 0.374 e. The van der Waals surface area contributed by atoms with E-state index in [1.165, 1.54) is 0 Å². The number of sulfonamides is 1. The van der Waals surface area contributed by atoms with Gasteiger partial charge in [0, 0.05) is 19.6 Å². The molecule has 21 heavy (non-hydrogen) atoms. The lowest BCUT2D eigenvalue weighted by atomic mass is 10.2. The summed E-state index contributed by atoms with van der Waals surface area (Å²) in [6.45, 7) is 1.79. The summed E-state index contributed by atoms with van der Waals surface area (Å²) in [6, 6.07) is 3.36. The van der Waals surface area contributed by atoms with E-state index >= 15 is 0 Å². The number of rotatable bonds is 4. The fourth-order valence-corrected chi connectivity index (χ4v) is 2.93. The summed E-state index contributed by atoms with van der Waals surface area (Å²) in [5, 5.41) is 3.05. The number of halogens is 3. The van der Waals surface area contributed by atoms with E-state index < -0.39 is 21.8 Å². The molecule has 0 bridgehead atoms. The normalized spacial score (nSPS) is 20.4. The summed E-state index contributed by atoms with van der Waals surface area (Å²) in [5.41, 5.74) is -0.888. The first kappa shape index (κ1) is 16.2. The zero-order valence-electron chi connectivity index (χ0n) is 11.0. The number of morpholine rings is 1. The monoisotopic (exact) mass is 324 g/mol. The van der Waals surface area contributed by atoms with E-state index in [4.69, 9.17) is 4.74 Å². The molecule has 0 aliphatic carbocycles. The first-order chi connectivity index (χ1) is 9.79. The van der Waals surface area contributed by atoms with Crippen LogP contribution >= 0.6 is 0 Å². The van der Waals surface area contributed by atoms with E-state index in [-0.39, 0.29) is 17.5 Å². The highest BCUT2D eigenvalue weighted by atomic mass is 32.2. The molecule has 0 saturated carbocycles. The summed E-state index contributed by atoms with van der Waals surface area (Å²) < 4.78 is 68.9. The average molecular weight is 324 g/mol. The lowest BCUT2D eigenvalue weighted by molar-refractivity contribution is -0.137. The van der Waals surface area contributed by atoms with Crippen LogP contribution in [0.5, 0.6) is 0 Å². The predicted octanol–water partition coefficient (Wildman–Crippen LogP) is 0.972. The van der Waals surface area contributed by atoms with Crippen LogP contribution in [-0.4, -0.2) is 40.8 Å². The molecule has 1 atom stereocenters. The summed E-state index contributed by atoms with van der Waals surface area (Å²) in [5.74, 6) is 0. The van der Waals surface area contributed by atoms with Crippen LogP contribution < -0.4 is 10.0 Å². The van der Waals surface area contributed by atoms with Gasteiger partial charge in [-0.25, -0.2) is 13.1 Å². The zero-order chi connectivity index (χ0) is 15.5. The Hall–Kier alpha value is -1.16. The van der Waals surface area contributed by atoms with Crippen molar-refractivity contribution in [3.05, 3.63) is 29.8 Å². The largest absolute Gasteiger partial charge is 0.416 e. The number of hydrogen-bond donors (Lipinski definition) is 2. The van der Waals surface area contributed by atoms with Gasteiger partial charge in [-0.1, -0.05) is 0 Å². The van der Waals surface area contributed by atoms with Gasteiger partial charge in [0.25, 0.3) is 0 Å². The molecule has 5 nitrogen and oxygen atoms in total. The molecule has 2 N–H and O–H groups in total. The molecule has 0 radical (unpaired) electrons. The molecule has 1 aromatic carbocycles. The van der Waals surface area contributed by atoms with Crippen molar-refractivity contribution in [1.29, 1.82) is 0 Å². The minimum atomic E-state index is -4.49. The number of benzene rings is 1. The van der Waals surface area contributed by atoms with Crippen LogP contribution in [0.4, 0.5) is 13.2 Å². The lowest BCUT2D eigenvalue weighted by Crippen LogP contribution is -2.45. The summed E-state index contributed by atoms with van der Waals surface area (Å²) in [7, 11) is -3.85. The van der Waals surface area contributed by atoms with Crippen molar-refractivity contribution in [3.63, 3.8) is 0 Å². The van der Waals surface area contributed by atoms with Gasteiger partial charge in [-0.3, -0.25) is 0 Å². The van der Waals surface area contributed by atoms with Crippen molar-refractivity contribution < 1.29 is 26.3 Å². The van der Waals surface area contributed by atoms with Crippen LogP contribution in [0.1, 0.15) is 5.56 Å². The maximum absolute atomic E-state index is 12.4. The Bertz CT molecular complexity index is 566. The Balaban J connectivity index is 2.01. The Kier molecular flexibility index (Phi) is 4.87. The third-order valence-electron chi connectivity index (χ3n) is 3.00. The second-order valence-corrected chi connectivity index (χ2v) is 6.34. The van der Waals surface area contributed by atoms with Gasteiger partial charge in [-0.2, -0.15) is 13.2 Å². The fourth-order valence-electron chi connectivity index (χ4n) is 1.86. The molecule has 0 amide bonds. The van der Waals surface area contributed by atoms with Gasteiger partial charge in [-0.05, 0) is 24.3 Å². The molecule has 118 valence electrons. The van der Waals surface area contributed by atoms with Crippen molar-refractivity contribution in [1.82, 2.24) is 10.0 Å². The minimum absolute atomic E-state index is 0.0658. The third-order valence-corrected chi connectivity index (χ3v) is 4.44. The van der Waals surface area contributed by atoms with Crippen LogP contribution in [0.3, 0.4) is 0 Å². The van der Waals surface area contributed by atoms with Crippen molar-refractivity contribution in [3.8, 4) is 0 Å². The molecule has 1 aliphatic rings. The standard InChI is InChI=1S/C12H15F3N2O3S/c13-12(14,15)9-1-3-11(4-2-9)21(18,19)17-8-10-7-16-5-6-20-10/h1-4,10,16-17H,5-8H2. The van der Waals surface area contributed by atoms with E-state index in [2.05, 4.69) is 10.0 Å². The molecule has 1 aliphatic heterocycles. The zero-order valence-corrected chi connectivity index (χ0v) is 11.8. The first-order valence-corrected chi connectivity index (χ1v) is 7.76. The molecule has 0 spiro atoms. The van der Waals surface area contributed by atoms with Gasteiger partial charge < -0.3 is 10.1 Å². The van der Waals surface area contributed by atoms with Gasteiger partial charge in [-0.15, -0.1) is 0 Å². The quantitative estimate of drug-likeness (QED) is 0.866. The third kappa shape index (κ3) is 4.40. The number of alkyl halides is 3. The Morgan fingerprint density at radius 2 is 1.95 bits per heavy atom. The van der Waals surface area contributed by atoms with Crippen LogP contribution in [-0.2, 0) is 20.9 Å². The maximum atomic E-state index is 12.4. The molecule has 1 unspecified atom stereocenters. The average Bonchev–Trinajstić information content (AvgIpc) is 2.46. The van der Waals surface area contributed by atoms with Crippen molar-refractivity contribution in [2.75, 3.05) is 26.2 Å². The molecule has 9 heteroatoms. The highest BCUT2D eigenvalue weighted by Gasteiger charge is 2.30. The van der Waals surface area contributed by atoms with Crippen LogP contribution in [0.2, 0.25) is 0 Å². The second-order valence-electron chi connectivity index (χ2n) is 4.57. The maximum Gasteiger partial charge on any atom is 0.416 e. The number of nitrogens with one attached hydrogen (secondary N) is 2. The van der Waals surface area contributed by atoms with E-state index in [1.807, 2.05) is 0 Å². The van der Waals surface area contributed by atoms with Gasteiger partial charge >= 0.3 is 6.18 Å². The minimum Gasteiger partial charge on any atom is -0.374 e. The van der Waals surface area contributed by atoms with Crippen LogP contribution in [0, 0.1) is 0 Å². The summed E-state index contributed by atoms with van der Waals surface area (Å²) in [6.07, 6.45) is -4.78. The topological polar surface area (TPSA) is 67.4 Å². The van der Waals surface area contributed by atoms with Crippen molar-refractivity contribution in [2.45, 2.75) is 17.2 Å². The van der Waals surface area contributed by atoms with E-state index in [0.29, 0.717) is 19.7 Å². The molecule has 1 saturated heterocycles.